The van der Waals surface area contributed by atoms with Crippen molar-refractivity contribution in [2.75, 3.05) is 0 Å². The third-order valence-corrected chi connectivity index (χ3v) is 13.9. The van der Waals surface area contributed by atoms with Crippen LogP contribution in [0.2, 0.25) is 0 Å². The number of benzene rings is 4. The summed E-state index contributed by atoms with van der Waals surface area (Å²) in [6.07, 6.45) is 0. The summed E-state index contributed by atoms with van der Waals surface area (Å²) in [6.45, 7) is 4.79. The molecule has 0 saturated carbocycles. The fourth-order valence-corrected chi connectivity index (χ4v) is 12.8. The Bertz CT molecular complexity index is 1370. The SMILES string of the molecule is [Li][CH]1C(C)=C([Si](C2=C(C)[CH]([Li])c3ccccc32)(c2ccccc2)c2ccccc2)c2ccccc21. The van der Waals surface area contributed by atoms with Crippen molar-refractivity contribution in [3.63, 3.8) is 0 Å². The van der Waals surface area contributed by atoms with Gasteiger partial charge in [-0.25, -0.2) is 0 Å². The Morgan fingerprint density at radius 2 is 0.829 bits per heavy atom. The first kappa shape index (κ1) is 23.2. The molecule has 160 valence electrons. The van der Waals surface area contributed by atoms with Crippen LogP contribution in [0.5, 0.6) is 0 Å². The molecule has 0 spiro atoms. The van der Waals surface area contributed by atoms with E-state index >= 15 is 0 Å². The van der Waals surface area contributed by atoms with Gasteiger partial charge in [-0.2, -0.15) is 0 Å². The van der Waals surface area contributed by atoms with Crippen LogP contribution in [0.25, 0.3) is 10.4 Å². The van der Waals surface area contributed by atoms with Gasteiger partial charge in [0, 0.05) is 0 Å². The minimum absolute atomic E-state index is 0.426. The van der Waals surface area contributed by atoms with Crippen LogP contribution < -0.4 is 10.4 Å². The van der Waals surface area contributed by atoms with Gasteiger partial charge >= 0.3 is 230 Å². The third kappa shape index (κ3) is 3.34. The van der Waals surface area contributed by atoms with Crippen molar-refractivity contribution in [1.29, 1.82) is 0 Å². The van der Waals surface area contributed by atoms with Gasteiger partial charge in [0.2, 0.25) is 0 Å². The quantitative estimate of drug-likeness (QED) is 0.348. The molecule has 0 nitrogen and oxygen atoms in total. The predicted octanol–water partition coefficient (Wildman–Crippen LogP) is 5.72. The molecule has 2 atom stereocenters. The van der Waals surface area contributed by atoms with E-state index in [1.165, 1.54) is 43.8 Å². The zero-order valence-corrected chi connectivity index (χ0v) is 22.0. The van der Waals surface area contributed by atoms with E-state index in [2.05, 4.69) is 158 Å². The summed E-state index contributed by atoms with van der Waals surface area (Å²) in [5, 5.41) is 6.14. The van der Waals surface area contributed by atoms with E-state index in [9.17, 15) is 0 Å². The van der Waals surface area contributed by atoms with E-state index in [1.54, 1.807) is 10.4 Å². The molecule has 3 heteroatoms. The van der Waals surface area contributed by atoms with Gasteiger partial charge in [0.1, 0.15) is 0 Å². The van der Waals surface area contributed by atoms with E-state index < -0.39 is 8.07 Å². The zero-order chi connectivity index (χ0) is 24.2. The topological polar surface area (TPSA) is 0 Å². The van der Waals surface area contributed by atoms with Crippen LogP contribution in [0, 0.1) is 0 Å². The third-order valence-electron chi connectivity index (χ3n) is 8.64. The summed E-state index contributed by atoms with van der Waals surface area (Å²) in [4.78, 5) is 0. The normalized spacial score (nSPS) is 19.3. The van der Waals surface area contributed by atoms with Crippen LogP contribution in [0.4, 0.5) is 0 Å². The van der Waals surface area contributed by atoms with E-state index in [-0.39, 0.29) is 0 Å². The molecule has 4 aromatic carbocycles. The van der Waals surface area contributed by atoms with Gasteiger partial charge < -0.3 is 0 Å². The predicted molar refractivity (Wildman–Crippen MR) is 153 cm³/mol. The summed E-state index contributed by atoms with van der Waals surface area (Å²) in [5.41, 5.74) is 8.91. The van der Waals surface area contributed by atoms with Gasteiger partial charge in [-0.15, -0.1) is 0 Å². The fraction of sp³-hybridized carbons (Fsp3) is 0.125. The van der Waals surface area contributed by atoms with Crippen LogP contribution in [0.1, 0.15) is 45.3 Å². The second-order valence-corrected chi connectivity index (χ2v) is 13.9. The molecular formula is C32H26Li2Si. The maximum absolute atomic E-state index is 2.63. The monoisotopic (exact) mass is 452 g/mol. The Morgan fingerprint density at radius 3 is 1.23 bits per heavy atom. The summed E-state index contributed by atoms with van der Waals surface area (Å²) in [5.74, 6) is 0. The minimum atomic E-state index is -2.63. The average molecular weight is 453 g/mol. The van der Waals surface area contributed by atoms with Crippen molar-refractivity contribution in [2.24, 2.45) is 0 Å². The molecule has 0 aromatic heterocycles. The van der Waals surface area contributed by atoms with Crippen LogP contribution >= 0.6 is 0 Å². The first-order chi connectivity index (χ1) is 17.1. The van der Waals surface area contributed by atoms with Crippen molar-refractivity contribution in [2.45, 2.75) is 23.0 Å². The number of rotatable bonds is 4. The zero-order valence-electron chi connectivity index (χ0n) is 21.0. The first-order valence-corrected chi connectivity index (χ1v) is 14.8. The van der Waals surface area contributed by atoms with Crippen molar-refractivity contribution in [3.05, 3.63) is 143 Å². The van der Waals surface area contributed by atoms with Crippen molar-refractivity contribution in [3.8, 4) is 0 Å². The van der Waals surface area contributed by atoms with Gasteiger partial charge in [-0.3, -0.25) is 0 Å². The van der Waals surface area contributed by atoms with Crippen LogP contribution in [0.3, 0.4) is 0 Å². The number of hydrogen-bond acceptors (Lipinski definition) is 0. The summed E-state index contributed by atoms with van der Waals surface area (Å²) < 4.78 is 0.853. The molecule has 2 aliphatic rings. The van der Waals surface area contributed by atoms with Crippen molar-refractivity contribution in [1.82, 2.24) is 0 Å². The molecule has 4 aromatic rings. The van der Waals surface area contributed by atoms with Gasteiger partial charge in [0.15, 0.2) is 0 Å². The molecule has 0 radical (unpaired) electrons. The van der Waals surface area contributed by atoms with Gasteiger partial charge in [0.05, 0.1) is 0 Å². The van der Waals surface area contributed by atoms with Crippen LogP contribution in [-0.2, 0) is 0 Å². The average Bonchev–Trinajstić information content (AvgIpc) is 3.32. The number of allylic oxidation sites excluding steroid dienone is 2. The Labute approximate surface area is 228 Å². The Balaban J connectivity index is 1.83. The van der Waals surface area contributed by atoms with Crippen molar-refractivity contribution >= 4 is 64.3 Å². The molecule has 0 heterocycles. The Morgan fingerprint density at radius 1 is 0.486 bits per heavy atom. The van der Waals surface area contributed by atoms with Gasteiger partial charge in [-0.05, 0) is 0 Å². The van der Waals surface area contributed by atoms with E-state index in [4.69, 9.17) is 0 Å². The Hall–Kier alpha value is -2.23. The molecule has 0 saturated heterocycles. The molecule has 35 heavy (non-hydrogen) atoms. The fourth-order valence-electron chi connectivity index (χ4n) is 6.77. The van der Waals surface area contributed by atoms with E-state index in [0.717, 1.165) is 0 Å². The van der Waals surface area contributed by atoms with Crippen molar-refractivity contribution < 1.29 is 0 Å². The second-order valence-electron chi connectivity index (χ2n) is 10.2. The standard InChI is InChI=1S/C32H26Si.2Li/c1-23-21-25-13-9-11-19-29(25)31(23)33(27-15-5-3-6-16-27,28-17-7-4-8-18-28)32-24(2)22-26-14-10-12-20-30(26)32;;/h3-22H,1-2H3;;. The molecule has 6 rings (SSSR count). The summed E-state index contributed by atoms with van der Waals surface area (Å²) >= 11 is 4.78. The molecule has 0 fully saturated rings. The molecule has 2 aliphatic carbocycles. The van der Waals surface area contributed by atoms with Crippen LogP contribution in [0.15, 0.2) is 120 Å². The second kappa shape index (κ2) is 9.01. The molecule has 0 bridgehead atoms. The Kier molecular flexibility index (Phi) is 5.97. The first-order valence-electron chi connectivity index (χ1n) is 12.8. The number of fused-ring (bicyclic) bond motifs is 2. The maximum atomic E-state index is 2.40. The molecule has 2 unspecified atom stereocenters. The van der Waals surface area contributed by atoms with Gasteiger partial charge in [0.25, 0.3) is 0 Å². The molecule has 0 amide bonds. The molecule has 0 N–H and O–H groups in total. The van der Waals surface area contributed by atoms with Crippen LogP contribution in [-0.4, -0.2) is 43.5 Å². The van der Waals surface area contributed by atoms with E-state index in [0.29, 0.717) is 9.18 Å². The van der Waals surface area contributed by atoms with E-state index in [1.807, 2.05) is 0 Å². The number of hydrogen-bond donors (Lipinski definition) is 0. The summed E-state index contributed by atoms with van der Waals surface area (Å²) in [7, 11) is -2.63. The molecule has 0 aliphatic heterocycles. The van der Waals surface area contributed by atoms with Gasteiger partial charge in [-0.1, -0.05) is 0 Å². The summed E-state index contributed by atoms with van der Waals surface area (Å²) in [6, 6.07) is 41.2. The molecular weight excluding hydrogens is 426 g/mol.